The van der Waals surface area contributed by atoms with Crippen LogP contribution in [0.2, 0.25) is 0 Å². The van der Waals surface area contributed by atoms with Gasteiger partial charge in [-0.15, -0.1) is 0 Å². The normalized spacial score (nSPS) is 14.8. The average molecular weight is 434 g/mol. The molecule has 0 bridgehead atoms. The minimum Gasteiger partial charge on any atom is -0.341 e. The fraction of sp³-hybridized carbons (Fsp3) is 0.423. The molecule has 1 aliphatic heterocycles. The van der Waals surface area contributed by atoms with Gasteiger partial charge in [0, 0.05) is 52.9 Å². The van der Waals surface area contributed by atoms with Crippen LogP contribution < -0.4 is 5.56 Å². The van der Waals surface area contributed by atoms with Crippen molar-refractivity contribution < 1.29 is 9.59 Å². The van der Waals surface area contributed by atoms with E-state index in [1.54, 1.807) is 0 Å². The minimum atomic E-state index is -0.373. The first-order valence-corrected chi connectivity index (χ1v) is 11.4. The number of ketones is 1. The van der Waals surface area contributed by atoms with Crippen molar-refractivity contribution in [2.75, 3.05) is 13.1 Å². The number of nitrogens with one attached hydrogen (secondary N) is 1. The van der Waals surface area contributed by atoms with E-state index in [1.807, 2.05) is 67.5 Å². The number of hydrogen-bond acceptors (Lipinski definition) is 3. The highest BCUT2D eigenvalue weighted by atomic mass is 16.2. The van der Waals surface area contributed by atoms with Crippen LogP contribution in [0.25, 0.3) is 10.9 Å². The molecule has 6 nitrogen and oxygen atoms in total. The summed E-state index contributed by atoms with van der Waals surface area (Å²) >= 11 is 0. The van der Waals surface area contributed by atoms with E-state index in [9.17, 15) is 14.4 Å². The van der Waals surface area contributed by atoms with Crippen molar-refractivity contribution in [3.8, 4) is 0 Å². The van der Waals surface area contributed by atoms with E-state index in [2.05, 4.69) is 4.98 Å². The van der Waals surface area contributed by atoms with Crippen molar-refractivity contribution in [3.05, 3.63) is 68.8 Å². The summed E-state index contributed by atoms with van der Waals surface area (Å²) < 4.78 is 2.01. The largest absolute Gasteiger partial charge is 0.341 e. The van der Waals surface area contributed by atoms with Crippen molar-refractivity contribution >= 4 is 22.6 Å². The molecule has 1 unspecified atom stereocenters. The lowest BCUT2D eigenvalue weighted by atomic mass is 9.99. The van der Waals surface area contributed by atoms with Crippen LogP contribution in [0.4, 0.5) is 0 Å². The second-order valence-electron chi connectivity index (χ2n) is 8.92. The molecule has 3 aromatic rings. The molecule has 32 heavy (non-hydrogen) atoms. The number of rotatable bonds is 6. The zero-order valence-electron chi connectivity index (χ0n) is 19.3. The Morgan fingerprint density at radius 2 is 1.78 bits per heavy atom. The molecule has 3 heterocycles. The van der Waals surface area contributed by atoms with Gasteiger partial charge >= 0.3 is 0 Å². The number of nitrogens with zero attached hydrogens (tertiary/aromatic N) is 2. The quantitative estimate of drug-likeness (QED) is 0.591. The van der Waals surface area contributed by atoms with Crippen molar-refractivity contribution in [2.45, 2.75) is 59.4 Å². The van der Waals surface area contributed by atoms with E-state index in [0.717, 1.165) is 53.8 Å². The van der Waals surface area contributed by atoms with Gasteiger partial charge in [0.15, 0.2) is 5.78 Å². The smallest absolute Gasteiger partial charge is 0.251 e. The number of amides is 1. The maximum Gasteiger partial charge on any atom is 0.251 e. The molecule has 0 spiro atoms. The number of pyridine rings is 1. The van der Waals surface area contributed by atoms with Crippen molar-refractivity contribution in [1.82, 2.24) is 14.5 Å². The van der Waals surface area contributed by atoms with Gasteiger partial charge in [-0.2, -0.15) is 0 Å². The van der Waals surface area contributed by atoms with Crippen LogP contribution in [-0.4, -0.2) is 39.2 Å². The molecule has 1 aliphatic rings. The Morgan fingerprint density at radius 3 is 2.47 bits per heavy atom. The molecule has 0 radical (unpaired) electrons. The number of carbonyl (C=O) groups is 2. The number of benzene rings is 1. The molecule has 1 aromatic carbocycles. The van der Waals surface area contributed by atoms with Gasteiger partial charge in [-0.25, -0.2) is 0 Å². The summed E-state index contributed by atoms with van der Waals surface area (Å²) in [6.45, 7) is 9.21. The Hall–Kier alpha value is -3.15. The first kappa shape index (κ1) is 22.1. The number of Topliss-reactive ketones (excluding diaryl/α,β-unsaturated/α-hetero) is 1. The van der Waals surface area contributed by atoms with Crippen LogP contribution in [0.15, 0.2) is 35.1 Å². The third-order valence-corrected chi connectivity index (χ3v) is 6.69. The lowest BCUT2D eigenvalue weighted by molar-refractivity contribution is -0.133. The Balaban J connectivity index is 1.67. The second-order valence-corrected chi connectivity index (χ2v) is 8.92. The van der Waals surface area contributed by atoms with Gasteiger partial charge in [0.05, 0.1) is 0 Å². The van der Waals surface area contributed by atoms with Crippen LogP contribution >= 0.6 is 0 Å². The van der Waals surface area contributed by atoms with Crippen molar-refractivity contribution in [3.63, 3.8) is 0 Å². The highest BCUT2D eigenvalue weighted by molar-refractivity contribution is 6.10. The summed E-state index contributed by atoms with van der Waals surface area (Å²) in [6.07, 6.45) is 2.73. The summed E-state index contributed by atoms with van der Waals surface area (Å²) in [4.78, 5) is 43.6. The molecule has 1 saturated heterocycles. The standard InChI is InChI=1S/C26H31N3O3/c1-16-15-17(2)27-25(31)20(16)11-12-23(30)24-18(3)29(22-10-6-5-9-21(22)24)19(4)26(32)28-13-7-8-14-28/h5-6,9-10,15,19H,7-8,11-14H2,1-4H3,(H,27,31). The summed E-state index contributed by atoms with van der Waals surface area (Å²) in [7, 11) is 0. The summed E-state index contributed by atoms with van der Waals surface area (Å²) in [5, 5.41) is 0.866. The van der Waals surface area contributed by atoms with E-state index >= 15 is 0 Å². The molecule has 6 heteroatoms. The van der Waals surface area contributed by atoms with Crippen molar-refractivity contribution in [1.29, 1.82) is 0 Å². The Bertz CT molecular complexity index is 1250. The lowest BCUT2D eigenvalue weighted by Gasteiger charge is -2.23. The molecule has 2 aromatic heterocycles. The Labute approximate surface area is 188 Å². The monoisotopic (exact) mass is 433 g/mol. The van der Waals surface area contributed by atoms with E-state index < -0.39 is 0 Å². The summed E-state index contributed by atoms with van der Waals surface area (Å²) in [5.41, 5.74) is 4.62. The van der Waals surface area contributed by atoms with Gasteiger partial charge < -0.3 is 14.5 Å². The number of H-pyrrole nitrogens is 1. The molecule has 1 amide bonds. The number of aromatic amines is 1. The van der Waals surface area contributed by atoms with Gasteiger partial charge in [-0.1, -0.05) is 18.2 Å². The molecule has 168 valence electrons. The predicted molar refractivity (Wildman–Crippen MR) is 126 cm³/mol. The van der Waals surface area contributed by atoms with Crippen LogP contribution in [-0.2, 0) is 11.2 Å². The second kappa shape index (κ2) is 8.77. The SMILES string of the molecule is Cc1cc(C)c(CCC(=O)c2c(C)n(C(C)C(=O)N3CCCC3)c3ccccc23)c(=O)[nH]1. The third-order valence-electron chi connectivity index (χ3n) is 6.69. The highest BCUT2D eigenvalue weighted by Gasteiger charge is 2.29. The minimum absolute atomic E-state index is 0.00218. The van der Waals surface area contributed by atoms with E-state index in [4.69, 9.17) is 0 Å². The molecule has 0 saturated carbocycles. The van der Waals surface area contributed by atoms with Crippen LogP contribution in [0.1, 0.15) is 65.1 Å². The number of likely N-dealkylation sites (tertiary alicyclic amines) is 1. The molecule has 1 fully saturated rings. The first-order valence-electron chi connectivity index (χ1n) is 11.4. The van der Waals surface area contributed by atoms with Crippen LogP contribution in [0, 0.1) is 20.8 Å². The maximum absolute atomic E-state index is 13.4. The van der Waals surface area contributed by atoms with Crippen LogP contribution in [0.5, 0.6) is 0 Å². The van der Waals surface area contributed by atoms with E-state index in [-0.39, 0.29) is 29.7 Å². The van der Waals surface area contributed by atoms with Gasteiger partial charge in [-0.05, 0) is 64.7 Å². The fourth-order valence-corrected chi connectivity index (χ4v) is 5.11. The molecule has 1 N–H and O–H groups in total. The zero-order valence-corrected chi connectivity index (χ0v) is 19.3. The van der Waals surface area contributed by atoms with E-state index in [0.29, 0.717) is 17.5 Å². The topological polar surface area (TPSA) is 75.2 Å². The number of hydrogen-bond donors (Lipinski definition) is 1. The molecular formula is C26H31N3O3. The number of fused-ring (bicyclic) bond motifs is 1. The summed E-state index contributed by atoms with van der Waals surface area (Å²) in [6, 6.07) is 9.34. The summed E-state index contributed by atoms with van der Waals surface area (Å²) in [5.74, 6) is 0.102. The number of aryl methyl sites for hydroxylation is 2. The average Bonchev–Trinajstić information content (AvgIpc) is 3.37. The Morgan fingerprint density at radius 1 is 1.09 bits per heavy atom. The fourth-order valence-electron chi connectivity index (χ4n) is 5.11. The third kappa shape index (κ3) is 3.90. The van der Waals surface area contributed by atoms with Gasteiger partial charge in [0.25, 0.3) is 5.56 Å². The van der Waals surface area contributed by atoms with Crippen molar-refractivity contribution in [2.24, 2.45) is 0 Å². The molecule has 1 atom stereocenters. The number of para-hydroxylation sites is 1. The van der Waals surface area contributed by atoms with Gasteiger partial charge in [0.2, 0.25) is 5.91 Å². The molecule has 0 aliphatic carbocycles. The Kier molecular flexibility index (Phi) is 6.04. The molecular weight excluding hydrogens is 402 g/mol. The number of carbonyl (C=O) groups excluding carboxylic acids is 2. The molecule has 4 rings (SSSR count). The van der Waals surface area contributed by atoms with E-state index in [1.165, 1.54) is 0 Å². The highest BCUT2D eigenvalue weighted by Crippen LogP contribution is 2.31. The van der Waals surface area contributed by atoms with Gasteiger partial charge in [-0.3, -0.25) is 14.4 Å². The lowest BCUT2D eigenvalue weighted by Crippen LogP contribution is -2.34. The first-order chi connectivity index (χ1) is 15.3. The number of aromatic nitrogens is 2. The maximum atomic E-state index is 13.4. The van der Waals surface area contributed by atoms with Crippen LogP contribution in [0.3, 0.4) is 0 Å². The zero-order chi connectivity index (χ0) is 23.0. The predicted octanol–water partition coefficient (Wildman–Crippen LogP) is 4.25. The van der Waals surface area contributed by atoms with Gasteiger partial charge in [0.1, 0.15) is 6.04 Å².